The summed E-state index contributed by atoms with van der Waals surface area (Å²) in [5.41, 5.74) is 10.3. The molecule has 1 heterocycles. The Balaban J connectivity index is 1.28. The van der Waals surface area contributed by atoms with Crippen molar-refractivity contribution in [3.8, 4) is 5.75 Å². The van der Waals surface area contributed by atoms with Crippen molar-refractivity contribution in [1.29, 1.82) is 0 Å². The van der Waals surface area contributed by atoms with Crippen LogP contribution < -0.4 is 10.5 Å². The number of fused-ring (bicyclic) bond motifs is 1. The summed E-state index contributed by atoms with van der Waals surface area (Å²) >= 11 is 0. The van der Waals surface area contributed by atoms with E-state index in [0.29, 0.717) is 0 Å². The summed E-state index contributed by atoms with van der Waals surface area (Å²) in [6, 6.07) is 18.3. The molecule has 0 spiro atoms. The predicted octanol–water partition coefficient (Wildman–Crippen LogP) is 6.09. The largest absolute Gasteiger partial charge is 0.493 e. The van der Waals surface area contributed by atoms with Crippen LogP contribution in [0, 0.1) is 6.92 Å². The number of aromatic nitrogens is 1. The van der Waals surface area contributed by atoms with E-state index in [1.807, 2.05) is 48.5 Å². The number of para-hydroxylation sites is 2. The zero-order valence-corrected chi connectivity index (χ0v) is 16.3. The van der Waals surface area contributed by atoms with Gasteiger partial charge in [0, 0.05) is 16.8 Å². The van der Waals surface area contributed by atoms with Gasteiger partial charge in [-0.1, -0.05) is 62.1 Å². The third kappa shape index (κ3) is 5.72. The number of aryl methyl sites for hydroxylation is 2. The molecule has 0 saturated carbocycles. The quantitative estimate of drug-likeness (QED) is 0.444. The Labute approximate surface area is 162 Å². The molecule has 142 valence electrons. The molecule has 3 aromatic rings. The van der Waals surface area contributed by atoms with Crippen molar-refractivity contribution in [2.75, 3.05) is 12.3 Å². The molecule has 27 heavy (non-hydrogen) atoms. The minimum atomic E-state index is 0.811. The van der Waals surface area contributed by atoms with Gasteiger partial charge in [-0.25, -0.2) is 0 Å². The highest BCUT2D eigenvalue weighted by molar-refractivity contribution is 5.90. The van der Waals surface area contributed by atoms with E-state index in [1.54, 1.807) is 0 Å². The normalized spacial score (nSPS) is 11.0. The Kier molecular flexibility index (Phi) is 7.09. The summed E-state index contributed by atoms with van der Waals surface area (Å²) in [6.07, 6.45) is 8.31. The fraction of sp³-hybridized carbons (Fsp3) is 0.375. The Morgan fingerprint density at radius 1 is 0.852 bits per heavy atom. The number of hydrogen-bond donors (Lipinski definition) is 1. The van der Waals surface area contributed by atoms with Crippen molar-refractivity contribution in [2.24, 2.45) is 0 Å². The van der Waals surface area contributed by atoms with E-state index >= 15 is 0 Å². The van der Waals surface area contributed by atoms with Crippen molar-refractivity contribution < 1.29 is 4.74 Å². The molecule has 0 saturated heterocycles. The molecule has 0 bridgehead atoms. The van der Waals surface area contributed by atoms with Crippen LogP contribution in [0.4, 0.5) is 5.69 Å². The average molecular weight is 363 g/mol. The maximum atomic E-state index is 6.15. The van der Waals surface area contributed by atoms with E-state index < -0.39 is 0 Å². The molecule has 3 heteroatoms. The second kappa shape index (κ2) is 9.96. The summed E-state index contributed by atoms with van der Waals surface area (Å²) < 4.78 is 5.85. The second-order valence-corrected chi connectivity index (χ2v) is 7.21. The van der Waals surface area contributed by atoms with Gasteiger partial charge in [0.1, 0.15) is 5.75 Å². The van der Waals surface area contributed by atoms with Crippen LogP contribution in [0.25, 0.3) is 10.9 Å². The number of nitrogens with two attached hydrogens (primary N) is 1. The van der Waals surface area contributed by atoms with Gasteiger partial charge in [-0.15, -0.1) is 0 Å². The number of unbranched alkanes of at least 4 members (excludes halogenated alkanes) is 5. The molecule has 0 aliphatic carbocycles. The lowest BCUT2D eigenvalue weighted by Gasteiger charge is -2.08. The summed E-state index contributed by atoms with van der Waals surface area (Å²) in [5, 5.41) is 1.05. The topological polar surface area (TPSA) is 48.1 Å². The van der Waals surface area contributed by atoms with E-state index in [0.717, 1.165) is 47.5 Å². The number of ether oxygens (including phenoxy) is 1. The van der Waals surface area contributed by atoms with Gasteiger partial charge in [0.05, 0.1) is 12.1 Å². The standard InChI is InChI=1S/C24H30N2O/c1-19-12-7-10-16-24(19)27-17-11-5-3-2-4-6-13-20-18-22(25)21-14-8-9-15-23(21)26-20/h7-10,12,14-16,18H,2-6,11,13,17H2,1H3,(H2,25,26). The minimum Gasteiger partial charge on any atom is -0.493 e. The van der Waals surface area contributed by atoms with Crippen LogP contribution in [0.1, 0.15) is 49.8 Å². The lowest BCUT2D eigenvalue weighted by atomic mass is 10.1. The van der Waals surface area contributed by atoms with Crippen LogP contribution in [-0.2, 0) is 6.42 Å². The molecule has 3 nitrogen and oxygen atoms in total. The summed E-state index contributed by atoms with van der Waals surface area (Å²) in [4.78, 5) is 4.73. The van der Waals surface area contributed by atoms with Gasteiger partial charge < -0.3 is 10.5 Å². The van der Waals surface area contributed by atoms with Gasteiger partial charge >= 0.3 is 0 Å². The molecule has 0 aliphatic rings. The van der Waals surface area contributed by atoms with Crippen LogP contribution in [0.2, 0.25) is 0 Å². The number of pyridine rings is 1. The maximum Gasteiger partial charge on any atom is 0.122 e. The first kappa shape index (κ1) is 19.2. The molecule has 3 rings (SSSR count). The van der Waals surface area contributed by atoms with Gasteiger partial charge in [0.25, 0.3) is 0 Å². The third-order valence-corrected chi connectivity index (χ3v) is 4.98. The summed E-state index contributed by atoms with van der Waals surface area (Å²) in [5.74, 6) is 1.01. The second-order valence-electron chi connectivity index (χ2n) is 7.21. The van der Waals surface area contributed by atoms with Crippen LogP contribution in [-0.4, -0.2) is 11.6 Å². The molecule has 0 unspecified atom stereocenters. The molecule has 0 amide bonds. The summed E-state index contributed by atoms with van der Waals surface area (Å²) in [6.45, 7) is 2.90. The SMILES string of the molecule is Cc1ccccc1OCCCCCCCCc1cc(N)c2ccccc2n1. The van der Waals surface area contributed by atoms with Gasteiger partial charge in [-0.3, -0.25) is 4.98 Å². The van der Waals surface area contributed by atoms with Gasteiger partial charge in [-0.2, -0.15) is 0 Å². The van der Waals surface area contributed by atoms with Crippen LogP contribution in [0.15, 0.2) is 54.6 Å². The van der Waals surface area contributed by atoms with Crippen LogP contribution >= 0.6 is 0 Å². The van der Waals surface area contributed by atoms with Crippen molar-refractivity contribution in [1.82, 2.24) is 4.98 Å². The molecular formula is C24H30N2O. The maximum absolute atomic E-state index is 6.15. The van der Waals surface area contributed by atoms with Crippen LogP contribution in [0.3, 0.4) is 0 Å². The summed E-state index contributed by atoms with van der Waals surface area (Å²) in [7, 11) is 0. The zero-order chi connectivity index (χ0) is 18.9. The van der Waals surface area contributed by atoms with Gasteiger partial charge in [0.15, 0.2) is 0 Å². The fourth-order valence-electron chi connectivity index (χ4n) is 3.40. The molecule has 0 radical (unpaired) electrons. The molecule has 2 N–H and O–H groups in total. The minimum absolute atomic E-state index is 0.811. The Hall–Kier alpha value is -2.55. The smallest absolute Gasteiger partial charge is 0.122 e. The van der Waals surface area contributed by atoms with E-state index in [1.165, 1.54) is 37.7 Å². The van der Waals surface area contributed by atoms with Crippen molar-refractivity contribution >= 4 is 16.6 Å². The van der Waals surface area contributed by atoms with E-state index in [2.05, 4.69) is 13.0 Å². The Morgan fingerprint density at radius 3 is 2.41 bits per heavy atom. The zero-order valence-electron chi connectivity index (χ0n) is 16.3. The number of rotatable bonds is 10. The molecule has 1 aromatic heterocycles. The average Bonchev–Trinajstić information content (AvgIpc) is 2.68. The first-order valence-electron chi connectivity index (χ1n) is 10.1. The molecular weight excluding hydrogens is 332 g/mol. The molecule has 2 aromatic carbocycles. The Bertz CT molecular complexity index is 860. The first-order valence-corrected chi connectivity index (χ1v) is 10.1. The predicted molar refractivity (Wildman–Crippen MR) is 114 cm³/mol. The number of hydrogen-bond acceptors (Lipinski definition) is 3. The molecule has 0 atom stereocenters. The molecule has 0 aliphatic heterocycles. The number of anilines is 1. The first-order chi connectivity index (χ1) is 13.2. The highest BCUT2D eigenvalue weighted by atomic mass is 16.5. The van der Waals surface area contributed by atoms with Crippen LogP contribution in [0.5, 0.6) is 5.75 Å². The van der Waals surface area contributed by atoms with Gasteiger partial charge in [-0.05, 0) is 49.9 Å². The highest BCUT2D eigenvalue weighted by Gasteiger charge is 2.03. The number of nitrogen functional groups attached to an aromatic ring is 1. The monoisotopic (exact) mass is 362 g/mol. The number of benzene rings is 2. The lowest BCUT2D eigenvalue weighted by molar-refractivity contribution is 0.302. The molecule has 0 fully saturated rings. The Morgan fingerprint density at radius 2 is 1.56 bits per heavy atom. The third-order valence-electron chi connectivity index (χ3n) is 4.98. The lowest BCUT2D eigenvalue weighted by Crippen LogP contribution is -1.98. The number of nitrogens with zero attached hydrogens (tertiary/aromatic N) is 1. The van der Waals surface area contributed by atoms with Crippen molar-refractivity contribution in [2.45, 2.75) is 51.9 Å². The fourth-order valence-corrected chi connectivity index (χ4v) is 3.40. The van der Waals surface area contributed by atoms with E-state index in [4.69, 9.17) is 15.5 Å². The van der Waals surface area contributed by atoms with E-state index in [9.17, 15) is 0 Å². The highest BCUT2D eigenvalue weighted by Crippen LogP contribution is 2.21. The van der Waals surface area contributed by atoms with Gasteiger partial charge in [0.2, 0.25) is 0 Å². The van der Waals surface area contributed by atoms with E-state index in [-0.39, 0.29) is 0 Å². The van der Waals surface area contributed by atoms with Crippen molar-refractivity contribution in [3.63, 3.8) is 0 Å². The van der Waals surface area contributed by atoms with Crippen molar-refractivity contribution in [3.05, 3.63) is 65.9 Å².